The van der Waals surface area contributed by atoms with Crippen molar-refractivity contribution in [2.45, 2.75) is 39.5 Å². The molecule has 2 aromatic heterocycles. The number of aliphatic hydroxyl groups is 1. The third-order valence-corrected chi connectivity index (χ3v) is 5.41. The number of likely N-dealkylation sites (tertiary alicyclic amines) is 1. The molecule has 3 aromatic rings. The Bertz CT molecular complexity index is 1210. The van der Waals surface area contributed by atoms with Crippen LogP contribution < -0.4 is 4.74 Å². The Balaban J connectivity index is 1.81. The lowest BCUT2D eigenvalue weighted by Gasteiger charge is -2.24. The van der Waals surface area contributed by atoms with Gasteiger partial charge in [-0.15, -0.1) is 0 Å². The molecule has 1 saturated heterocycles. The van der Waals surface area contributed by atoms with Crippen molar-refractivity contribution in [3.05, 3.63) is 95.1 Å². The first kappa shape index (κ1) is 22.2. The highest BCUT2D eigenvalue weighted by Crippen LogP contribution is 2.40. The van der Waals surface area contributed by atoms with Crippen LogP contribution in [0.25, 0.3) is 5.76 Å². The van der Waals surface area contributed by atoms with Crippen molar-refractivity contribution >= 4 is 17.4 Å². The third kappa shape index (κ3) is 4.48. The summed E-state index contributed by atoms with van der Waals surface area (Å²) >= 11 is 0. The summed E-state index contributed by atoms with van der Waals surface area (Å²) in [5.41, 5.74) is 2.55. The molecule has 7 nitrogen and oxygen atoms in total. The van der Waals surface area contributed by atoms with Gasteiger partial charge in [0.25, 0.3) is 11.7 Å². The van der Waals surface area contributed by atoms with Gasteiger partial charge in [0.1, 0.15) is 11.5 Å². The molecule has 7 heteroatoms. The van der Waals surface area contributed by atoms with Gasteiger partial charge in [-0.05, 0) is 68.3 Å². The number of ether oxygens (including phenoxy) is 1. The Morgan fingerprint density at radius 3 is 2.58 bits per heavy atom. The van der Waals surface area contributed by atoms with Crippen LogP contribution in [-0.2, 0) is 16.1 Å². The highest BCUT2D eigenvalue weighted by atomic mass is 16.5. The lowest BCUT2D eigenvalue weighted by molar-refractivity contribution is -0.140. The molecule has 0 radical (unpaired) electrons. The van der Waals surface area contributed by atoms with E-state index in [4.69, 9.17) is 4.74 Å². The number of aryl methyl sites for hydroxylation is 1. The van der Waals surface area contributed by atoms with Crippen LogP contribution >= 0.6 is 0 Å². The second-order valence-corrected chi connectivity index (χ2v) is 8.18. The average molecular weight is 444 g/mol. The molecule has 0 spiro atoms. The summed E-state index contributed by atoms with van der Waals surface area (Å²) in [6.45, 7) is 5.86. The monoisotopic (exact) mass is 443 g/mol. The first-order chi connectivity index (χ1) is 15.9. The second-order valence-electron chi connectivity index (χ2n) is 8.18. The van der Waals surface area contributed by atoms with Gasteiger partial charge in [-0.2, -0.15) is 0 Å². The summed E-state index contributed by atoms with van der Waals surface area (Å²) < 4.78 is 5.78. The Morgan fingerprint density at radius 1 is 1.12 bits per heavy atom. The first-order valence-corrected chi connectivity index (χ1v) is 10.7. The molecular formula is C26H25N3O4. The van der Waals surface area contributed by atoms with E-state index < -0.39 is 17.7 Å². The number of rotatable bonds is 6. The molecule has 1 N–H and O–H groups in total. The number of benzene rings is 1. The van der Waals surface area contributed by atoms with E-state index in [9.17, 15) is 14.7 Å². The zero-order chi connectivity index (χ0) is 23.5. The van der Waals surface area contributed by atoms with Gasteiger partial charge in [-0.25, -0.2) is 0 Å². The van der Waals surface area contributed by atoms with Crippen molar-refractivity contribution in [2.75, 3.05) is 0 Å². The molecule has 0 aliphatic carbocycles. The number of nitrogens with zero attached hydrogens (tertiary/aromatic N) is 3. The van der Waals surface area contributed by atoms with Crippen LogP contribution in [0.1, 0.15) is 42.3 Å². The number of pyridine rings is 2. The van der Waals surface area contributed by atoms with E-state index in [-0.39, 0.29) is 24.0 Å². The van der Waals surface area contributed by atoms with Crippen LogP contribution in [0, 0.1) is 6.92 Å². The number of aliphatic hydroxyl groups excluding tert-OH is 1. The predicted molar refractivity (Wildman–Crippen MR) is 123 cm³/mol. The minimum Gasteiger partial charge on any atom is -0.507 e. The fourth-order valence-electron chi connectivity index (χ4n) is 3.93. The fraction of sp³-hybridized carbons (Fsp3) is 0.231. The summed E-state index contributed by atoms with van der Waals surface area (Å²) in [5, 5.41) is 11.2. The normalized spacial score (nSPS) is 17.6. The molecule has 1 unspecified atom stereocenters. The molecule has 1 fully saturated rings. The summed E-state index contributed by atoms with van der Waals surface area (Å²) in [7, 11) is 0. The molecule has 3 heterocycles. The minimum absolute atomic E-state index is 0.00523. The fourth-order valence-corrected chi connectivity index (χ4v) is 3.93. The lowest BCUT2D eigenvalue weighted by atomic mass is 9.95. The van der Waals surface area contributed by atoms with E-state index in [0.29, 0.717) is 22.6 Å². The standard InChI is InChI=1S/C26H25N3O4/c1-16(2)33-21-10-9-18(13-17(21)3)24(30)22-23(19-7-6-11-27-14-19)29(26(32)25(22)31)15-20-8-4-5-12-28-20/h4-14,16,23,30H,15H2,1-3H3/b24-22-. The zero-order valence-electron chi connectivity index (χ0n) is 18.7. The molecule has 33 heavy (non-hydrogen) atoms. The van der Waals surface area contributed by atoms with Crippen LogP contribution in [0.3, 0.4) is 0 Å². The van der Waals surface area contributed by atoms with Crippen LogP contribution in [0.4, 0.5) is 0 Å². The van der Waals surface area contributed by atoms with Gasteiger partial charge in [0.15, 0.2) is 0 Å². The van der Waals surface area contributed by atoms with E-state index in [1.807, 2.05) is 26.8 Å². The molecule has 1 aliphatic heterocycles. The van der Waals surface area contributed by atoms with Crippen molar-refractivity contribution in [3.8, 4) is 5.75 Å². The van der Waals surface area contributed by atoms with Gasteiger partial charge in [0, 0.05) is 24.2 Å². The van der Waals surface area contributed by atoms with E-state index in [1.54, 1.807) is 61.1 Å². The summed E-state index contributed by atoms with van der Waals surface area (Å²) in [6, 6.07) is 13.3. The minimum atomic E-state index is -0.785. The zero-order valence-corrected chi connectivity index (χ0v) is 18.7. The maximum atomic E-state index is 13.1. The third-order valence-electron chi connectivity index (χ3n) is 5.41. The largest absolute Gasteiger partial charge is 0.507 e. The van der Waals surface area contributed by atoms with Crippen molar-refractivity contribution < 1.29 is 19.4 Å². The summed E-state index contributed by atoms with van der Waals surface area (Å²) in [6.07, 6.45) is 4.85. The van der Waals surface area contributed by atoms with Gasteiger partial charge < -0.3 is 14.7 Å². The summed E-state index contributed by atoms with van der Waals surface area (Å²) in [5.74, 6) is -0.962. The molecule has 0 bridgehead atoms. The predicted octanol–water partition coefficient (Wildman–Crippen LogP) is 4.19. The molecule has 1 atom stereocenters. The van der Waals surface area contributed by atoms with Crippen molar-refractivity contribution in [3.63, 3.8) is 0 Å². The number of ketones is 1. The van der Waals surface area contributed by atoms with Gasteiger partial charge in [0.05, 0.1) is 30.0 Å². The van der Waals surface area contributed by atoms with Crippen molar-refractivity contribution in [1.29, 1.82) is 0 Å². The number of carbonyl (C=O) groups excluding carboxylic acids is 2. The molecule has 168 valence electrons. The van der Waals surface area contributed by atoms with Gasteiger partial charge in [-0.3, -0.25) is 19.6 Å². The summed E-state index contributed by atoms with van der Waals surface area (Å²) in [4.78, 5) is 36.0. The molecule has 0 saturated carbocycles. The number of carbonyl (C=O) groups is 2. The maximum absolute atomic E-state index is 13.1. The Labute approximate surface area is 192 Å². The van der Waals surface area contributed by atoms with E-state index in [2.05, 4.69) is 9.97 Å². The lowest BCUT2D eigenvalue weighted by Crippen LogP contribution is -2.29. The van der Waals surface area contributed by atoms with Crippen LogP contribution in [0.2, 0.25) is 0 Å². The van der Waals surface area contributed by atoms with Crippen molar-refractivity contribution in [2.24, 2.45) is 0 Å². The highest BCUT2D eigenvalue weighted by Gasteiger charge is 2.46. The first-order valence-electron chi connectivity index (χ1n) is 10.7. The van der Waals surface area contributed by atoms with Crippen molar-refractivity contribution in [1.82, 2.24) is 14.9 Å². The van der Waals surface area contributed by atoms with Crippen LogP contribution in [-0.4, -0.2) is 37.8 Å². The highest BCUT2D eigenvalue weighted by molar-refractivity contribution is 6.46. The number of Topliss-reactive ketones (excluding diaryl/α,β-unsaturated/α-hetero) is 1. The maximum Gasteiger partial charge on any atom is 0.296 e. The quantitative estimate of drug-likeness (QED) is 0.349. The van der Waals surface area contributed by atoms with E-state index in [0.717, 1.165) is 5.56 Å². The number of hydrogen-bond acceptors (Lipinski definition) is 6. The molecular weight excluding hydrogens is 418 g/mol. The molecule has 1 aliphatic rings. The Kier molecular flexibility index (Phi) is 6.22. The van der Waals surface area contributed by atoms with Crippen LogP contribution in [0.15, 0.2) is 72.7 Å². The van der Waals surface area contributed by atoms with Crippen LogP contribution in [0.5, 0.6) is 5.75 Å². The molecule has 4 rings (SSSR count). The Morgan fingerprint density at radius 2 is 1.94 bits per heavy atom. The number of hydrogen-bond donors (Lipinski definition) is 1. The van der Waals surface area contributed by atoms with Gasteiger partial charge >= 0.3 is 0 Å². The SMILES string of the molecule is Cc1cc(/C(O)=C2/C(=O)C(=O)N(Cc3ccccn3)C2c2cccnc2)ccc1OC(C)C. The Hall–Kier alpha value is -4.00. The van der Waals surface area contributed by atoms with E-state index >= 15 is 0 Å². The van der Waals surface area contributed by atoms with Gasteiger partial charge in [0.2, 0.25) is 0 Å². The molecule has 1 aromatic carbocycles. The smallest absolute Gasteiger partial charge is 0.296 e. The number of amides is 1. The van der Waals surface area contributed by atoms with Gasteiger partial charge in [-0.1, -0.05) is 12.1 Å². The second kappa shape index (κ2) is 9.24. The average Bonchev–Trinajstić information content (AvgIpc) is 3.06. The van der Waals surface area contributed by atoms with E-state index in [1.165, 1.54) is 4.90 Å². The number of aromatic nitrogens is 2. The molecule has 1 amide bonds. The topological polar surface area (TPSA) is 92.6 Å².